The van der Waals surface area contributed by atoms with E-state index in [4.69, 9.17) is 4.74 Å². The Morgan fingerprint density at radius 1 is 0.403 bits per heavy atom. The second kappa shape index (κ2) is 56.9. The molecule has 0 aromatic heterocycles. The molecule has 396 valence electrons. The van der Waals surface area contributed by atoms with Gasteiger partial charge in [-0.05, 0) is 57.8 Å². The number of carbonyl (C=O) groups is 2. The SMILES string of the molecule is CCCCCCCCCCCCCCCCCCCCCCCC/C=C/C(O)C(CO)NC(=O)CCCCCCCCC/C=C\CCCCCCOC(=O)CCCCCCCCCCCCC. The molecule has 3 N–H and O–H groups in total. The van der Waals surface area contributed by atoms with Crippen LogP contribution in [0.5, 0.6) is 0 Å². The molecule has 0 bridgehead atoms. The third-order valence-corrected chi connectivity index (χ3v) is 14.0. The largest absolute Gasteiger partial charge is 0.466 e. The molecule has 67 heavy (non-hydrogen) atoms. The number of aliphatic hydroxyl groups is 2. The summed E-state index contributed by atoms with van der Waals surface area (Å²) in [4.78, 5) is 24.5. The average molecular weight is 945 g/mol. The summed E-state index contributed by atoms with van der Waals surface area (Å²) in [6.07, 6.45) is 69.2. The van der Waals surface area contributed by atoms with Crippen LogP contribution in [0.15, 0.2) is 24.3 Å². The number of rotatable bonds is 56. The molecule has 0 saturated carbocycles. The lowest BCUT2D eigenvalue weighted by Crippen LogP contribution is -2.45. The molecule has 0 aromatic rings. The van der Waals surface area contributed by atoms with Crippen molar-refractivity contribution in [1.82, 2.24) is 5.32 Å². The van der Waals surface area contributed by atoms with Crippen molar-refractivity contribution in [2.24, 2.45) is 0 Å². The zero-order valence-electron chi connectivity index (χ0n) is 45.1. The first-order valence-corrected chi connectivity index (χ1v) is 30.1. The molecule has 0 spiro atoms. The van der Waals surface area contributed by atoms with Gasteiger partial charge in [-0.1, -0.05) is 282 Å². The molecule has 1 amide bonds. The van der Waals surface area contributed by atoms with Gasteiger partial charge in [-0.25, -0.2) is 0 Å². The third-order valence-electron chi connectivity index (χ3n) is 14.0. The molecule has 0 aliphatic carbocycles. The Balaban J connectivity index is 3.50. The van der Waals surface area contributed by atoms with Crippen LogP contribution in [-0.4, -0.2) is 47.4 Å². The van der Waals surface area contributed by atoms with Crippen molar-refractivity contribution in [1.29, 1.82) is 0 Å². The van der Waals surface area contributed by atoms with E-state index in [9.17, 15) is 19.8 Å². The van der Waals surface area contributed by atoms with Gasteiger partial charge in [0.2, 0.25) is 5.91 Å². The Kier molecular flexibility index (Phi) is 55.5. The monoisotopic (exact) mass is 944 g/mol. The highest BCUT2D eigenvalue weighted by Crippen LogP contribution is 2.17. The predicted octanol–water partition coefficient (Wildman–Crippen LogP) is 18.6. The van der Waals surface area contributed by atoms with E-state index in [2.05, 4.69) is 31.3 Å². The van der Waals surface area contributed by atoms with Crippen LogP contribution in [0, 0.1) is 0 Å². The number of carbonyl (C=O) groups excluding carboxylic acids is 2. The number of allylic oxidation sites excluding steroid dienone is 3. The standard InChI is InChI=1S/C61H117NO5/c1-3-5-7-9-11-13-15-16-17-18-19-20-21-22-23-24-25-27-30-34-37-41-45-49-53-59(64)58(57-63)62-60(65)54-50-46-42-38-35-31-28-26-29-32-36-40-44-48-52-56-67-61(66)55-51-47-43-39-33-14-12-10-8-6-4-2/h29,32,49,53,58-59,63-64H,3-28,30-31,33-48,50-52,54-57H2,1-2H3,(H,62,65)/b32-29-,53-49+. The minimum absolute atomic E-state index is 0.0110. The van der Waals surface area contributed by atoms with Gasteiger partial charge in [0.05, 0.1) is 25.4 Å². The summed E-state index contributed by atoms with van der Waals surface area (Å²) in [5, 5.41) is 23.2. The second-order valence-electron chi connectivity index (χ2n) is 20.7. The minimum Gasteiger partial charge on any atom is -0.466 e. The predicted molar refractivity (Wildman–Crippen MR) is 292 cm³/mol. The molecule has 0 aliphatic heterocycles. The Morgan fingerprint density at radius 2 is 0.701 bits per heavy atom. The quantitative estimate of drug-likeness (QED) is 0.0321. The summed E-state index contributed by atoms with van der Waals surface area (Å²) >= 11 is 0. The Bertz CT molecular complexity index is 1040. The fourth-order valence-electron chi connectivity index (χ4n) is 9.34. The smallest absolute Gasteiger partial charge is 0.305 e. The van der Waals surface area contributed by atoms with Crippen molar-refractivity contribution >= 4 is 11.9 Å². The van der Waals surface area contributed by atoms with E-state index in [0.29, 0.717) is 19.4 Å². The van der Waals surface area contributed by atoms with Crippen LogP contribution < -0.4 is 5.32 Å². The van der Waals surface area contributed by atoms with Crippen LogP contribution in [0.25, 0.3) is 0 Å². The molecule has 2 atom stereocenters. The van der Waals surface area contributed by atoms with Crippen LogP contribution in [0.3, 0.4) is 0 Å². The van der Waals surface area contributed by atoms with Gasteiger partial charge in [0.25, 0.3) is 0 Å². The first-order chi connectivity index (χ1) is 33.0. The van der Waals surface area contributed by atoms with Crippen LogP contribution in [0.1, 0.15) is 328 Å². The van der Waals surface area contributed by atoms with Gasteiger partial charge in [-0.15, -0.1) is 0 Å². The molecular weight excluding hydrogens is 827 g/mol. The van der Waals surface area contributed by atoms with Gasteiger partial charge >= 0.3 is 5.97 Å². The van der Waals surface area contributed by atoms with Gasteiger partial charge in [-0.3, -0.25) is 9.59 Å². The first-order valence-electron chi connectivity index (χ1n) is 30.1. The lowest BCUT2D eigenvalue weighted by molar-refractivity contribution is -0.143. The lowest BCUT2D eigenvalue weighted by atomic mass is 10.0. The number of unbranched alkanes of at least 4 members (excludes halogenated alkanes) is 43. The van der Waals surface area contributed by atoms with Crippen LogP contribution in [0.2, 0.25) is 0 Å². The highest BCUT2D eigenvalue weighted by atomic mass is 16.5. The molecule has 0 heterocycles. The van der Waals surface area contributed by atoms with Gasteiger partial charge in [-0.2, -0.15) is 0 Å². The zero-order chi connectivity index (χ0) is 48.6. The Labute approximate surface area is 418 Å². The molecular formula is C61H117NO5. The number of nitrogens with one attached hydrogen (secondary N) is 1. The van der Waals surface area contributed by atoms with Gasteiger partial charge in [0.1, 0.15) is 0 Å². The molecule has 0 rings (SSSR count). The fourth-order valence-corrected chi connectivity index (χ4v) is 9.34. The summed E-state index contributed by atoms with van der Waals surface area (Å²) in [6, 6.07) is -0.640. The van der Waals surface area contributed by atoms with E-state index in [1.807, 2.05) is 6.08 Å². The van der Waals surface area contributed by atoms with Gasteiger partial charge in [0.15, 0.2) is 0 Å². The third kappa shape index (κ3) is 53.5. The van der Waals surface area contributed by atoms with Crippen LogP contribution in [0.4, 0.5) is 0 Å². The maximum absolute atomic E-state index is 12.5. The highest BCUT2D eigenvalue weighted by molar-refractivity contribution is 5.76. The average Bonchev–Trinajstić information content (AvgIpc) is 3.33. The summed E-state index contributed by atoms with van der Waals surface area (Å²) in [7, 11) is 0. The van der Waals surface area contributed by atoms with E-state index in [0.717, 1.165) is 70.6 Å². The number of aliphatic hydroxyl groups excluding tert-OH is 2. The van der Waals surface area contributed by atoms with E-state index in [-0.39, 0.29) is 18.5 Å². The van der Waals surface area contributed by atoms with Crippen molar-refractivity contribution in [2.45, 2.75) is 341 Å². The van der Waals surface area contributed by atoms with Crippen molar-refractivity contribution < 1.29 is 24.5 Å². The van der Waals surface area contributed by atoms with Gasteiger partial charge in [0, 0.05) is 12.8 Å². The van der Waals surface area contributed by atoms with Crippen molar-refractivity contribution in [3.63, 3.8) is 0 Å². The van der Waals surface area contributed by atoms with Crippen LogP contribution in [-0.2, 0) is 14.3 Å². The molecule has 0 aliphatic rings. The summed E-state index contributed by atoms with van der Waals surface area (Å²) < 4.78 is 5.44. The Morgan fingerprint density at radius 3 is 1.06 bits per heavy atom. The summed E-state index contributed by atoms with van der Waals surface area (Å²) in [6.45, 7) is 4.88. The summed E-state index contributed by atoms with van der Waals surface area (Å²) in [5.74, 6) is -0.0910. The van der Waals surface area contributed by atoms with Crippen LogP contribution >= 0.6 is 0 Å². The van der Waals surface area contributed by atoms with Crippen molar-refractivity contribution in [2.75, 3.05) is 13.2 Å². The van der Waals surface area contributed by atoms with Gasteiger partial charge < -0.3 is 20.3 Å². The zero-order valence-corrected chi connectivity index (χ0v) is 45.1. The number of ether oxygens (including phenoxy) is 1. The minimum atomic E-state index is -0.855. The topological polar surface area (TPSA) is 95.9 Å². The highest BCUT2D eigenvalue weighted by Gasteiger charge is 2.18. The number of esters is 1. The normalized spacial score (nSPS) is 12.7. The molecule has 2 unspecified atom stereocenters. The second-order valence-corrected chi connectivity index (χ2v) is 20.7. The van der Waals surface area contributed by atoms with E-state index < -0.39 is 12.1 Å². The molecule has 6 heteroatoms. The maximum atomic E-state index is 12.5. The summed E-state index contributed by atoms with van der Waals surface area (Å²) in [5.41, 5.74) is 0. The maximum Gasteiger partial charge on any atom is 0.305 e. The van der Waals surface area contributed by atoms with Crippen molar-refractivity contribution in [3.05, 3.63) is 24.3 Å². The molecule has 6 nitrogen and oxygen atoms in total. The fraction of sp³-hybridized carbons (Fsp3) is 0.902. The molecule has 0 fully saturated rings. The number of hydrogen-bond donors (Lipinski definition) is 3. The first kappa shape index (κ1) is 65.3. The molecule has 0 radical (unpaired) electrons. The number of hydrogen-bond acceptors (Lipinski definition) is 5. The van der Waals surface area contributed by atoms with Crippen molar-refractivity contribution in [3.8, 4) is 0 Å². The van der Waals surface area contributed by atoms with E-state index in [1.165, 1.54) is 231 Å². The number of amides is 1. The van der Waals surface area contributed by atoms with E-state index >= 15 is 0 Å². The Hall–Kier alpha value is -1.66. The van der Waals surface area contributed by atoms with E-state index in [1.54, 1.807) is 6.08 Å². The molecule has 0 aromatic carbocycles. The lowest BCUT2D eigenvalue weighted by Gasteiger charge is -2.20. The molecule has 0 saturated heterocycles.